The highest BCUT2D eigenvalue weighted by Crippen LogP contribution is 2.23. The van der Waals surface area contributed by atoms with E-state index in [1.165, 1.54) is 41.2 Å². The average molecular weight is 390 g/mol. The molecule has 0 atom stereocenters. The van der Waals surface area contributed by atoms with E-state index >= 15 is 0 Å². The maximum absolute atomic E-state index is 12.4. The third kappa shape index (κ3) is 4.14. The SMILES string of the molecule is CCn1cc(NC(=O)c2cc(-c3ccc(OC(F)F)cc3)n[nH]2)c(C(N)=O)n1. The predicted molar refractivity (Wildman–Crippen MR) is 95.0 cm³/mol. The summed E-state index contributed by atoms with van der Waals surface area (Å²) in [5.41, 5.74) is 6.55. The van der Waals surface area contributed by atoms with Crippen LogP contribution >= 0.6 is 0 Å². The number of rotatable bonds is 7. The van der Waals surface area contributed by atoms with Crippen molar-refractivity contribution in [2.24, 2.45) is 5.73 Å². The molecule has 4 N–H and O–H groups in total. The fourth-order valence-electron chi connectivity index (χ4n) is 2.44. The van der Waals surface area contributed by atoms with E-state index in [0.29, 0.717) is 17.8 Å². The van der Waals surface area contributed by atoms with Crippen molar-refractivity contribution in [1.29, 1.82) is 0 Å². The smallest absolute Gasteiger partial charge is 0.387 e. The van der Waals surface area contributed by atoms with E-state index in [1.807, 2.05) is 6.92 Å². The number of nitrogens with two attached hydrogens (primary N) is 1. The van der Waals surface area contributed by atoms with Crippen LogP contribution in [0, 0.1) is 0 Å². The Morgan fingerprint density at radius 1 is 1.32 bits per heavy atom. The van der Waals surface area contributed by atoms with Gasteiger partial charge in [-0.1, -0.05) is 0 Å². The van der Waals surface area contributed by atoms with Gasteiger partial charge >= 0.3 is 6.61 Å². The standard InChI is InChI=1S/C17H16F2N6O3/c1-2-25-8-13(14(24-25)15(20)26)21-16(27)12-7-11(22-23-12)9-3-5-10(6-4-9)28-17(18)19/h3-8,17H,2H2,1H3,(H2,20,26)(H,21,27)(H,22,23). The molecule has 28 heavy (non-hydrogen) atoms. The molecule has 2 heterocycles. The quantitative estimate of drug-likeness (QED) is 0.570. The second kappa shape index (κ2) is 7.86. The summed E-state index contributed by atoms with van der Waals surface area (Å²) >= 11 is 0. The molecule has 0 aliphatic rings. The molecular weight excluding hydrogens is 374 g/mol. The number of nitrogens with one attached hydrogen (secondary N) is 2. The first-order valence-corrected chi connectivity index (χ1v) is 8.16. The molecule has 0 radical (unpaired) electrons. The van der Waals surface area contributed by atoms with Crippen LogP contribution in [-0.2, 0) is 6.54 Å². The number of anilines is 1. The summed E-state index contributed by atoms with van der Waals surface area (Å²) in [7, 11) is 0. The molecule has 0 unspecified atom stereocenters. The van der Waals surface area contributed by atoms with E-state index in [0.717, 1.165) is 0 Å². The van der Waals surface area contributed by atoms with E-state index < -0.39 is 18.4 Å². The second-order valence-corrected chi connectivity index (χ2v) is 5.64. The van der Waals surface area contributed by atoms with Gasteiger partial charge < -0.3 is 15.8 Å². The zero-order chi connectivity index (χ0) is 20.3. The highest BCUT2D eigenvalue weighted by molar-refractivity contribution is 6.07. The topological polar surface area (TPSA) is 128 Å². The Balaban J connectivity index is 1.76. The number of benzene rings is 1. The van der Waals surface area contributed by atoms with Gasteiger partial charge in [-0.2, -0.15) is 19.0 Å². The molecular formula is C17H16F2N6O3. The van der Waals surface area contributed by atoms with Crippen LogP contribution in [0.15, 0.2) is 36.5 Å². The maximum atomic E-state index is 12.4. The van der Waals surface area contributed by atoms with Crippen LogP contribution in [0.25, 0.3) is 11.3 Å². The Bertz CT molecular complexity index is 997. The van der Waals surface area contributed by atoms with Gasteiger partial charge in [-0.15, -0.1) is 0 Å². The van der Waals surface area contributed by atoms with Crippen LogP contribution in [0.5, 0.6) is 5.75 Å². The van der Waals surface area contributed by atoms with E-state index in [-0.39, 0.29) is 22.8 Å². The number of nitrogens with zero attached hydrogens (tertiary/aromatic N) is 3. The summed E-state index contributed by atoms with van der Waals surface area (Å²) in [6, 6.07) is 7.28. The lowest BCUT2D eigenvalue weighted by Gasteiger charge is -2.04. The van der Waals surface area contributed by atoms with Gasteiger partial charge in [0.25, 0.3) is 11.8 Å². The Morgan fingerprint density at radius 2 is 2.04 bits per heavy atom. The normalized spacial score (nSPS) is 10.9. The number of aromatic amines is 1. The molecule has 146 valence electrons. The van der Waals surface area contributed by atoms with Gasteiger partial charge in [0.15, 0.2) is 5.69 Å². The van der Waals surface area contributed by atoms with Crippen molar-refractivity contribution in [3.05, 3.63) is 47.9 Å². The number of halogens is 2. The first-order valence-electron chi connectivity index (χ1n) is 8.16. The largest absolute Gasteiger partial charge is 0.435 e. The fraction of sp³-hybridized carbons (Fsp3) is 0.176. The van der Waals surface area contributed by atoms with E-state index in [9.17, 15) is 18.4 Å². The minimum atomic E-state index is -2.91. The van der Waals surface area contributed by atoms with Crippen molar-refractivity contribution >= 4 is 17.5 Å². The van der Waals surface area contributed by atoms with E-state index in [1.54, 1.807) is 0 Å². The molecule has 2 aromatic heterocycles. The molecule has 3 aromatic rings. The molecule has 0 fully saturated rings. The number of hydrogen-bond acceptors (Lipinski definition) is 5. The van der Waals surface area contributed by atoms with Crippen molar-refractivity contribution in [2.45, 2.75) is 20.1 Å². The minimum absolute atomic E-state index is 0.0131. The van der Waals surface area contributed by atoms with Gasteiger partial charge in [0.05, 0.1) is 11.4 Å². The molecule has 2 amide bonds. The third-order valence-corrected chi connectivity index (χ3v) is 3.77. The van der Waals surface area contributed by atoms with Crippen molar-refractivity contribution in [3.63, 3.8) is 0 Å². The number of alkyl halides is 2. The summed E-state index contributed by atoms with van der Waals surface area (Å²) in [6.07, 6.45) is 1.50. The number of primary amides is 1. The van der Waals surface area contributed by atoms with Crippen molar-refractivity contribution in [3.8, 4) is 17.0 Å². The molecule has 9 nitrogen and oxygen atoms in total. The minimum Gasteiger partial charge on any atom is -0.435 e. The molecule has 0 aliphatic carbocycles. The first-order chi connectivity index (χ1) is 13.4. The monoisotopic (exact) mass is 390 g/mol. The molecule has 0 bridgehead atoms. The van der Waals surface area contributed by atoms with Crippen LogP contribution in [0.2, 0.25) is 0 Å². The Kier molecular flexibility index (Phi) is 5.34. The second-order valence-electron chi connectivity index (χ2n) is 5.64. The van der Waals surface area contributed by atoms with Crippen molar-refractivity contribution in [1.82, 2.24) is 20.0 Å². The highest BCUT2D eigenvalue weighted by Gasteiger charge is 2.18. The Labute approximate surface area is 157 Å². The van der Waals surface area contributed by atoms with Gasteiger partial charge in [-0.05, 0) is 37.3 Å². The predicted octanol–water partition coefficient (Wildman–Crippen LogP) is 2.25. The molecule has 3 rings (SSSR count). The summed E-state index contributed by atoms with van der Waals surface area (Å²) < 4.78 is 30.2. The van der Waals surface area contributed by atoms with Crippen LogP contribution in [0.1, 0.15) is 27.9 Å². The molecule has 1 aromatic carbocycles. The highest BCUT2D eigenvalue weighted by atomic mass is 19.3. The number of aryl methyl sites for hydroxylation is 1. The number of hydrogen-bond donors (Lipinski definition) is 3. The maximum Gasteiger partial charge on any atom is 0.387 e. The zero-order valence-electron chi connectivity index (χ0n) is 14.6. The van der Waals surface area contributed by atoms with Gasteiger partial charge in [0.1, 0.15) is 11.4 Å². The number of amides is 2. The summed E-state index contributed by atoms with van der Waals surface area (Å²) in [5.74, 6) is -1.30. The van der Waals surface area contributed by atoms with Gasteiger partial charge in [-0.3, -0.25) is 19.4 Å². The number of aromatic nitrogens is 4. The number of ether oxygens (including phenoxy) is 1. The fourth-order valence-corrected chi connectivity index (χ4v) is 2.44. The molecule has 0 saturated heterocycles. The summed E-state index contributed by atoms with van der Waals surface area (Å²) in [6.45, 7) is -0.591. The van der Waals surface area contributed by atoms with Gasteiger partial charge in [0, 0.05) is 18.3 Å². The van der Waals surface area contributed by atoms with Crippen molar-refractivity contribution < 1.29 is 23.1 Å². The van der Waals surface area contributed by atoms with Crippen molar-refractivity contribution in [2.75, 3.05) is 5.32 Å². The zero-order valence-corrected chi connectivity index (χ0v) is 14.6. The van der Waals surface area contributed by atoms with Crippen LogP contribution in [0.3, 0.4) is 0 Å². The van der Waals surface area contributed by atoms with Crippen LogP contribution in [0.4, 0.5) is 14.5 Å². The summed E-state index contributed by atoms with van der Waals surface area (Å²) in [4.78, 5) is 23.9. The lowest BCUT2D eigenvalue weighted by atomic mass is 10.1. The Hall–Kier alpha value is -3.76. The van der Waals surface area contributed by atoms with Gasteiger partial charge in [-0.25, -0.2) is 0 Å². The molecule has 0 spiro atoms. The third-order valence-electron chi connectivity index (χ3n) is 3.77. The molecule has 11 heteroatoms. The molecule has 0 aliphatic heterocycles. The Morgan fingerprint density at radius 3 is 2.64 bits per heavy atom. The lowest BCUT2D eigenvalue weighted by molar-refractivity contribution is -0.0498. The van der Waals surface area contributed by atoms with E-state index in [2.05, 4.69) is 25.3 Å². The van der Waals surface area contributed by atoms with Crippen LogP contribution < -0.4 is 15.8 Å². The number of carbonyl (C=O) groups is 2. The number of H-pyrrole nitrogens is 1. The average Bonchev–Trinajstić information content (AvgIpc) is 3.29. The lowest BCUT2D eigenvalue weighted by Crippen LogP contribution is -2.18. The molecule has 0 saturated carbocycles. The van der Waals surface area contributed by atoms with Gasteiger partial charge in [0.2, 0.25) is 0 Å². The van der Waals surface area contributed by atoms with E-state index in [4.69, 9.17) is 5.73 Å². The summed E-state index contributed by atoms with van der Waals surface area (Å²) in [5, 5.41) is 13.2. The number of carbonyl (C=O) groups excluding carboxylic acids is 2. The van der Waals surface area contributed by atoms with Crippen LogP contribution in [-0.4, -0.2) is 38.4 Å². The first kappa shape index (κ1) is 19.0.